The zero-order valence-corrected chi connectivity index (χ0v) is 17.5. The number of hydrogen-bond acceptors (Lipinski definition) is 4. The van der Waals surface area contributed by atoms with Crippen LogP contribution in [-0.2, 0) is 13.6 Å². The Morgan fingerprint density at radius 1 is 0.935 bits per heavy atom. The van der Waals surface area contributed by atoms with Gasteiger partial charge in [-0.25, -0.2) is 9.31 Å². The molecule has 1 N–H and O–H groups in total. The highest BCUT2D eigenvalue weighted by Gasteiger charge is 2.23. The standard InChI is InChI=1S/C23H25N7O/c1-27-16-20(14-25-27)19-7-8-21-22(15-26-30(21)17-19)28-9-11-29(12-10-28)23(31)24-13-18-5-3-2-4-6-18/h2-8,14-17H,9-13H2,1H3,(H,24,31). The highest BCUT2D eigenvalue weighted by Crippen LogP contribution is 2.26. The van der Waals surface area contributed by atoms with Gasteiger partial charge in [-0.3, -0.25) is 4.68 Å². The Morgan fingerprint density at radius 2 is 1.74 bits per heavy atom. The topological polar surface area (TPSA) is 70.7 Å². The molecule has 0 saturated carbocycles. The van der Waals surface area contributed by atoms with Gasteiger partial charge in [0.05, 0.1) is 23.6 Å². The van der Waals surface area contributed by atoms with E-state index in [0.29, 0.717) is 19.6 Å². The van der Waals surface area contributed by atoms with Crippen molar-refractivity contribution in [2.75, 3.05) is 31.1 Å². The molecule has 4 heterocycles. The number of pyridine rings is 1. The van der Waals surface area contributed by atoms with E-state index in [9.17, 15) is 4.79 Å². The van der Waals surface area contributed by atoms with Gasteiger partial charge in [0, 0.05) is 63.3 Å². The smallest absolute Gasteiger partial charge is 0.317 e. The lowest BCUT2D eigenvalue weighted by Gasteiger charge is -2.35. The lowest BCUT2D eigenvalue weighted by Crippen LogP contribution is -2.51. The molecule has 1 aromatic carbocycles. The highest BCUT2D eigenvalue weighted by molar-refractivity contribution is 5.77. The number of rotatable bonds is 4. The summed E-state index contributed by atoms with van der Waals surface area (Å²) >= 11 is 0. The number of aryl methyl sites for hydroxylation is 1. The van der Waals surface area contributed by atoms with Gasteiger partial charge in [-0.05, 0) is 11.6 Å². The predicted molar refractivity (Wildman–Crippen MR) is 120 cm³/mol. The summed E-state index contributed by atoms with van der Waals surface area (Å²) < 4.78 is 3.71. The summed E-state index contributed by atoms with van der Waals surface area (Å²) in [5, 5.41) is 11.8. The number of urea groups is 1. The summed E-state index contributed by atoms with van der Waals surface area (Å²) in [6.07, 6.45) is 7.79. The number of fused-ring (bicyclic) bond motifs is 1. The summed E-state index contributed by atoms with van der Waals surface area (Å²) in [6.45, 7) is 3.49. The summed E-state index contributed by atoms with van der Waals surface area (Å²) in [5.74, 6) is 0. The number of anilines is 1. The summed E-state index contributed by atoms with van der Waals surface area (Å²) in [4.78, 5) is 16.7. The fraction of sp³-hybridized carbons (Fsp3) is 0.261. The van der Waals surface area contributed by atoms with Gasteiger partial charge in [0.1, 0.15) is 0 Å². The van der Waals surface area contributed by atoms with Gasteiger partial charge in [-0.15, -0.1) is 0 Å². The van der Waals surface area contributed by atoms with Crippen LogP contribution in [0.1, 0.15) is 5.56 Å². The molecule has 2 amide bonds. The van der Waals surface area contributed by atoms with E-state index >= 15 is 0 Å². The minimum atomic E-state index is -0.00974. The molecule has 1 aliphatic heterocycles. The number of carbonyl (C=O) groups is 1. The number of carbonyl (C=O) groups excluding carboxylic acids is 1. The first-order chi connectivity index (χ1) is 15.2. The number of aromatic nitrogens is 4. The maximum Gasteiger partial charge on any atom is 0.317 e. The van der Waals surface area contributed by atoms with Gasteiger partial charge in [-0.2, -0.15) is 10.2 Å². The molecule has 0 spiro atoms. The van der Waals surface area contributed by atoms with Crippen molar-refractivity contribution in [3.8, 4) is 11.1 Å². The molecule has 0 radical (unpaired) electrons. The molecule has 4 aromatic rings. The van der Waals surface area contributed by atoms with E-state index in [2.05, 4.69) is 32.5 Å². The van der Waals surface area contributed by atoms with Crippen LogP contribution in [0.25, 0.3) is 16.6 Å². The van der Waals surface area contributed by atoms with E-state index in [1.165, 1.54) is 0 Å². The average molecular weight is 416 g/mol. The zero-order chi connectivity index (χ0) is 21.2. The molecule has 5 rings (SSSR count). The highest BCUT2D eigenvalue weighted by atomic mass is 16.2. The van der Waals surface area contributed by atoms with E-state index in [1.807, 2.05) is 71.6 Å². The van der Waals surface area contributed by atoms with Crippen molar-refractivity contribution in [1.29, 1.82) is 0 Å². The Bertz CT molecular complexity index is 1190. The summed E-state index contributed by atoms with van der Waals surface area (Å²) in [6, 6.07) is 14.2. The van der Waals surface area contributed by atoms with Crippen molar-refractivity contribution in [3.05, 3.63) is 72.8 Å². The Hall–Kier alpha value is -3.81. The van der Waals surface area contributed by atoms with Gasteiger partial charge in [0.2, 0.25) is 0 Å². The monoisotopic (exact) mass is 415 g/mol. The second-order valence-electron chi connectivity index (χ2n) is 7.80. The molecule has 1 fully saturated rings. The lowest BCUT2D eigenvalue weighted by molar-refractivity contribution is 0.194. The maximum absolute atomic E-state index is 12.5. The SMILES string of the molecule is Cn1cc(-c2ccc3c(N4CCN(C(=O)NCc5ccccc5)CC4)cnn3c2)cn1. The van der Waals surface area contributed by atoms with Crippen LogP contribution < -0.4 is 10.2 Å². The molecule has 3 aromatic heterocycles. The molecule has 31 heavy (non-hydrogen) atoms. The van der Waals surface area contributed by atoms with Gasteiger partial charge >= 0.3 is 6.03 Å². The van der Waals surface area contributed by atoms with Crippen molar-refractivity contribution in [2.45, 2.75) is 6.54 Å². The Labute approximate surface area is 180 Å². The third kappa shape index (κ3) is 3.96. The second-order valence-corrected chi connectivity index (χ2v) is 7.80. The van der Waals surface area contributed by atoms with Crippen molar-refractivity contribution in [1.82, 2.24) is 29.6 Å². The Balaban J connectivity index is 1.22. The fourth-order valence-electron chi connectivity index (χ4n) is 3.99. The summed E-state index contributed by atoms with van der Waals surface area (Å²) in [5.41, 5.74) is 5.41. The quantitative estimate of drug-likeness (QED) is 0.556. The minimum Gasteiger partial charge on any atom is -0.365 e. The third-order valence-electron chi connectivity index (χ3n) is 5.73. The molecule has 0 unspecified atom stereocenters. The molecule has 0 atom stereocenters. The largest absolute Gasteiger partial charge is 0.365 e. The molecule has 8 heteroatoms. The van der Waals surface area contributed by atoms with Crippen LogP contribution in [0.3, 0.4) is 0 Å². The number of nitrogens with zero attached hydrogens (tertiary/aromatic N) is 6. The van der Waals surface area contributed by atoms with Gasteiger partial charge in [-0.1, -0.05) is 36.4 Å². The van der Waals surface area contributed by atoms with Crippen molar-refractivity contribution in [2.24, 2.45) is 7.05 Å². The first kappa shape index (κ1) is 19.2. The number of nitrogens with one attached hydrogen (secondary N) is 1. The summed E-state index contributed by atoms with van der Waals surface area (Å²) in [7, 11) is 1.91. The van der Waals surface area contributed by atoms with E-state index in [1.54, 1.807) is 4.68 Å². The maximum atomic E-state index is 12.5. The molecule has 0 aliphatic carbocycles. The van der Waals surface area contributed by atoms with Crippen LogP contribution in [0.15, 0.2) is 67.3 Å². The molecule has 158 valence electrons. The first-order valence-electron chi connectivity index (χ1n) is 10.5. The van der Waals surface area contributed by atoms with Crippen molar-refractivity contribution >= 4 is 17.2 Å². The van der Waals surface area contributed by atoms with Crippen LogP contribution in [0, 0.1) is 0 Å². The van der Waals surface area contributed by atoms with Crippen LogP contribution in [0.5, 0.6) is 0 Å². The number of amides is 2. The molecule has 1 aliphatic rings. The minimum absolute atomic E-state index is 0.00974. The van der Waals surface area contributed by atoms with Crippen molar-refractivity contribution < 1.29 is 4.79 Å². The molecular formula is C23H25N7O. The van der Waals surface area contributed by atoms with Crippen LogP contribution in [-0.4, -0.2) is 56.5 Å². The van der Waals surface area contributed by atoms with E-state index in [0.717, 1.165) is 41.0 Å². The molecular weight excluding hydrogens is 390 g/mol. The van der Waals surface area contributed by atoms with Gasteiger partial charge in [0.25, 0.3) is 0 Å². The number of hydrogen-bond donors (Lipinski definition) is 1. The lowest BCUT2D eigenvalue weighted by atomic mass is 10.1. The first-order valence-corrected chi connectivity index (χ1v) is 10.5. The number of benzene rings is 1. The van der Waals surface area contributed by atoms with E-state index in [4.69, 9.17) is 0 Å². The fourth-order valence-corrected chi connectivity index (χ4v) is 3.99. The second kappa shape index (κ2) is 8.14. The number of piperazine rings is 1. The normalized spacial score (nSPS) is 14.2. The Kier molecular flexibility index (Phi) is 5.03. The average Bonchev–Trinajstić information content (AvgIpc) is 3.44. The molecule has 1 saturated heterocycles. The van der Waals surface area contributed by atoms with Crippen LogP contribution >= 0.6 is 0 Å². The third-order valence-corrected chi connectivity index (χ3v) is 5.73. The molecule has 0 bridgehead atoms. The molecule has 8 nitrogen and oxygen atoms in total. The zero-order valence-electron chi connectivity index (χ0n) is 17.5. The van der Waals surface area contributed by atoms with E-state index in [-0.39, 0.29) is 6.03 Å². The van der Waals surface area contributed by atoms with Crippen LogP contribution in [0.4, 0.5) is 10.5 Å². The van der Waals surface area contributed by atoms with E-state index < -0.39 is 0 Å². The predicted octanol–water partition coefficient (Wildman–Crippen LogP) is 2.77. The van der Waals surface area contributed by atoms with Crippen LogP contribution in [0.2, 0.25) is 0 Å². The Morgan fingerprint density at radius 3 is 2.48 bits per heavy atom. The van der Waals surface area contributed by atoms with Gasteiger partial charge < -0.3 is 15.1 Å². The van der Waals surface area contributed by atoms with Gasteiger partial charge in [0.15, 0.2) is 0 Å². The van der Waals surface area contributed by atoms with Crippen molar-refractivity contribution in [3.63, 3.8) is 0 Å².